The van der Waals surface area contributed by atoms with Crippen LogP contribution in [-0.2, 0) is 20.7 Å². The Hall–Kier alpha value is -2.31. The van der Waals surface area contributed by atoms with E-state index in [4.69, 9.17) is 9.47 Å². The highest BCUT2D eigenvalue weighted by Crippen LogP contribution is 2.47. The number of ether oxygens (including phenoxy) is 3. The van der Waals surface area contributed by atoms with Crippen molar-refractivity contribution < 1.29 is 19.0 Å². The molecule has 156 valence electrons. The third-order valence-corrected chi connectivity index (χ3v) is 6.59. The lowest BCUT2D eigenvalue weighted by Crippen LogP contribution is -2.50. The minimum absolute atomic E-state index is 0.165. The number of benzene rings is 1. The van der Waals surface area contributed by atoms with Gasteiger partial charge in [-0.3, -0.25) is 9.69 Å². The highest BCUT2D eigenvalue weighted by atomic mass is 16.5. The van der Waals surface area contributed by atoms with E-state index in [-0.39, 0.29) is 12.0 Å². The number of aromatic nitrogens is 1. The van der Waals surface area contributed by atoms with E-state index in [0.717, 1.165) is 49.1 Å². The minimum Gasteiger partial charge on any atom is -0.498 e. The summed E-state index contributed by atoms with van der Waals surface area (Å²) in [5.41, 5.74) is 4.71. The van der Waals surface area contributed by atoms with E-state index >= 15 is 0 Å². The van der Waals surface area contributed by atoms with Crippen LogP contribution in [0.2, 0.25) is 0 Å². The molecular formula is C23H30N2O4. The van der Waals surface area contributed by atoms with Crippen molar-refractivity contribution in [2.45, 2.75) is 31.9 Å². The minimum atomic E-state index is 0.165. The maximum absolute atomic E-state index is 11.6. The molecule has 29 heavy (non-hydrogen) atoms. The molecule has 4 atom stereocenters. The zero-order valence-corrected chi connectivity index (χ0v) is 17.6. The number of carbonyl (C=O) groups excluding carboxylic acids is 1. The van der Waals surface area contributed by atoms with Crippen molar-refractivity contribution in [3.8, 4) is 5.75 Å². The van der Waals surface area contributed by atoms with Gasteiger partial charge in [-0.15, -0.1) is 0 Å². The predicted molar refractivity (Wildman–Crippen MR) is 112 cm³/mol. The quantitative estimate of drug-likeness (QED) is 0.785. The molecule has 6 heteroatoms. The summed E-state index contributed by atoms with van der Waals surface area (Å²) in [6, 6.07) is 6.62. The molecule has 0 aliphatic carbocycles. The third kappa shape index (κ3) is 3.45. The number of allylic oxidation sites excluding steroid dienone is 1. The van der Waals surface area contributed by atoms with Gasteiger partial charge >= 0.3 is 0 Å². The van der Waals surface area contributed by atoms with Crippen LogP contribution in [0.3, 0.4) is 0 Å². The summed E-state index contributed by atoms with van der Waals surface area (Å²) in [5.74, 6) is 1.55. The molecule has 4 unspecified atom stereocenters. The zero-order chi connectivity index (χ0) is 20.5. The summed E-state index contributed by atoms with van der Waals surface area (Å²) in [5, 5.41) is 1.30. The van der Waals surface area contributed by atoms with Crippen LogP contribution < -0.4 is 4.74 Å². The molecular weight excluding hydrogens is 368 g/mol. The van der Waals surface area contributed by atoms with E-state index in [9.17, 15) is 4.79 Å². The van der Waals surface area contributed by atoms with Crippen LogP contribution in [-0.4, -0.2) is 56.7 Å². The number of aldehydes is 1. The number of piperidine rings is 1. The standard InChI is InChI=1S/C21H24N2O3.C2H6O/c1-12-18-9-23-6-5-16-15-4-3-14(25-2)7-19(15)22-21(16)20(23)8-17(18)13(10-24)11-26-12;1-3-2/h3-4,7,10-12,17-18,20,22H,5-6,8-9H2,1-2H3;1-2H3. The molecule has 0 bridgehead atoms. The number of nitrogens with zero attached hydrogens (tertiary/aromatic N) is 1. The van der Waals surface area contributed by atoms with E-state index < -0.39 is 0 Å². The van der Waals surface area contributed by atoms with Crippen molar-refractivity contribution in [3.05, 3.63) is 41.3 Å². The highest BCUT2D eigenvalue weighted by molar-refractivity contribution is 5.86. The lowest BCUT2D eigenvalue weighted by Gasteiger charge is -2.49. The molecule has 0 saturated carbocycles. The molecule has 1 aromatic heterocycles. The van der Waals surface area contributed by atoms with Crippen LogP contribution in [0.1, 0.15) is 30.6 Å². The molecule has 4 heterocycles. The van der Waals surface area contributed by atoms with Gasteiger partial charge in [-0.1, -0.05) is 0 Å². The van der Waals surface area contributed by atoms with Gasteiger partial charge in [0.25, 0.3) is 0 Å². The number of H-pyrrole nitrogens is 1. The Morgan fingerprint density at radius 3 is 2.79 bits per heavy atom. The number of rotatable bonds is 2. The third-order valence-electron chi connectivity index (χ3n) is 6.59. The molecule has 1 fully saturated rings. The van der Waals surface area contributed by atoms with Crippen molar-refractivity contribution >= 4 is 17.2 Å². The van der Waals surface area contributed by atoms with Crippen LogP contribution in [0, 0.1) is 11.8 Å². The maximum atomic E-state index is 11.6. The molecule has 0 radical (unpaired) electrons. The van der Waals surface area contributed by atoms with E-state index in [1.807, 2.05) is 6.07 Å². The summed E-state index contributed by atoms with van der Waals surface area (Å²) in [4.78, 5) is 17.8. The largest absolute Gasteiger partial charge is 0.498 e. The van der Waals surface area contributed by atoms with Crippen molar-refractivity contribution in [3.63, 3.8) is 0 Å². The summed E-state index contributed by atoms with van der Waals surface area (Å²) in [6.07, 6.45) is 4.87. The summed E-state index contributed by atoms with van der Waals surface area (Å²) in [6.45, 7) is 4.17. The summed E-state index contributed by atoms with van der Waals surface area (Å²) < 4.78 is 15.4. The normalized spacial score (nSPS) is 28.1. The van der Waals surface area contributed by atoms with Gasteiger partial charge in [0.1, 0.15) is 12.0 Å². The molecule has 6 nitrogen and oxygen atoms in total. The van der Waals surface area contributed by atoms with Crippen LogP contribution in [0.15, 0.2) is 30.0 Å². The van der Waals surface area contributed by atoms with Gasteiger partial charge in [0.15, 0.2) is 0 Å². The smallest absolute Gasteiger partial charge is 0.149 e. The van der Waals surface area contributed by atoms with E-state index in [0.29, 0.717) is 12.0 Å². The molecule has 1 N–H and O–H groups in total. The number of methoxy groups -OCH3 is 2. The number of hydrogen-bond acceptors (Lipinski definition) is 5. The van der Waals surface area contributed by atoms with Gasteiger partial charge in [-0.25, -0.2) is 0 Å². The molecule has 1 aromatic carbocycles. The SMILES string of the molecule is COC.COc1ccc2c3c([nH]c2c1)C1CC2C(C=O)=COC(C)C2CN1CC3. The molecule has 0 amide bonds. The average molecular weight is 399 g/mol. The summed E-state index contributed by atoms with van der Waals surface area (Å²) in [7, 11) is 4.95. The molecule has 2 aromatic rings. The Kier molecular flexibility index (Phi) is 5.65. The fourth-order valence-electron chi connectivity index (χ4n) is 5.18. The fourth-order valence-corrected chi connectivity index (χ4v) is 5.18. The number of hydrogen-bond donors (Lipinski definition) is 1. The second kappa shape index (κ2) is 8.20. The number of fused-ring (bicyclic) bond motifs is 6. The Morgan fingerprint density at radius 2 is 2.07 bits per heavy atom. The van der Waals surface area contributed by atoms with E-state index in [1.54, 1.807) is 27.6 Å². The second-order valence-corrected chi connectivity index (χ2v) is 8.18. The number of carbonyl (C=O) groups is 1. The number of nitrogens with one attached hydrogen (secondary N) is 1. The van der Waals surface area contributed by atoms with Crippen LogP contribution >= 0.6 is 0 Å². The van der Waals surface area contributed by atoms with Gasteiger partial charge < -0.3 is 19.2 Å². The van der Waals surface area contributed by atoms with Gasteiger partial charge in [-0.05, 0) is 43.4 Å². The first-order valence-corrected chi connectivity index (χ1v) is 10.2. The van der Waals surface area contributed by atoms with Gasteiger partial charge in [0.2, 0.25) is 0 Å². The zero-order valence-electron chi connectivity index (χ0n) is 17.6. The molecule has 5 rings (SSSR count). The van der Waals surface area contributed by atoms with Crippen LogP contribution in [0.5, 0.6) is 5.75 Å². The average Bonchev–Trinajstić information content (AvgIpc) is 3.12. The van der Waals surface area contributed by atoms with E-state index in [1.165, 1.54) is 16.6 Å². The Morgan fingerprint density at radius 1 is 1.28 bits per heavy atom. The topological polar surface area (TPSA) is 63.8 Å². The van der Waals surface area contributed by atoms with Gasteiger partial charge in [0.05, 0.1) is 25.5 Å². The fraction of sp³-hybridized carbons (Fsp3) is 0.522. The van der Waals surface area contributed by atoms with E-state index in [2.05, 4.69) is 33.7 Å². The monoisotopic (exact) mass is 398 g/mol. The molecule has 3 aliphatic heterocycles. The molecule has 3 aliphatic rings. The van der Waals surface area contributed by atoms with Gasteiger partial charge in [0, 0.05) is 61.5 Å². The lowest BCUT2D eigenvalue weighted by molar-refractivity contribution is -0.107. The van der Waals surface area contributed by atoms with Gasteiger partial charge in [-0.2, -0.15) is 0 Å². The van der Waals surface area contributed by atoms with Crippen molar-refractivity contribution in [2.24, 2.45) is 11.8 Å². The van der Waals surface area contributed by atoms with Crippen molar-refractivity contribution in [1.82, 2.24) is 9.88 Å². The Balaban J connectivity index is 0.000000645. The van der Waals surface area contributed by atoms with Crippen LogP contribution in [0.4, 0.5) is 0 Å². The Labute approximate surface area is 171 Å². The first-order valence-electron chi connectivity index (χ1n) is 10.2. The number of aromatic amines is 1. The lowest BCUT2D eigenvalue weighted by atomic mass is 9.72. The van der Waals surface area contributed by atoms with Crippen LogP contribution in [0.25, 0.3) is 10.9 Å². The highest BCUT2D eigenvalue weighted by Gasteiger charge is 2.45. The molecule has 0 spiro atoms. The molecule has 1 saturated heterocycles. The summed E-state index contributed by atoms with van der Waals surface area (Å²) >= 11 is 0. The first-order chi connectivity index (χ1) is 14.1. The van der Waals surface area contributed by atoms with Crippen molar-refractivity contribution in [2.75, 3.05) is 34.4 Å². The van der Waals surface area contributed by atoms with Crippen molar-refractivity contribution in [1.29, 1.82) is 0 Å². The first kappa shape index (κ1) is 20.0. The maximum Gasteiger partial charge on any atom is 0.149 e. The Bertz CT molecular complexity index is 919. The predicted octanol–water partition coefficient (Wildman–Crippen LogP) is 3.48. The second-order valence-electron chi connectivity index (χ2n) is 8.18.